The fraction of sp³-hybridized carbons (Fsp3) is 0.353. The number of benzene rings is 1. The van der Waals surface area contributed by atoms with Gasteiger partial charge in [-0.05, 0) is 43.6 Å². The molecule has 0 bridgehead atoms. The lowest BCUT2D eigenvalue weighted by Crippen LogP contribution is -2.40. The van der Waals surface area contributed by atoms with Gasteiger partial charge >= 0.3 is 0 Å². The van der Waals surface area contributed by atoms with Gasteiger partial charge < -0.3 is 10.8 Å². The minimum atomic E-state index is -0.340. The van der Waals surface area contributed by atoms with Gasteiger partial charge in [0.2, 0.25) is 16.7 Å². The van der Waals surface area contributed by atoms with Crippen molar-refractivity contribution >= 4 is 22.2 Å². The summed E-state index contributed by atoms with van der Waals surface area (Å²) in [5.74, 6) is -0.754. The van der Waals surface area contributed by atoms with Crippen molar-refractivity contribution < 1.29 is 14.3 Å². The maximum atomic E-state index is 13.9. The molecule has 3 N–H and O–H groups in total. The van der Waals surface area contributed by atoms with Gasteiger partial charge in [-0.15, -0.1) is 0 Å². The molecular weight excluding hydrogens is 357 g/mol. The van der Waals surface area contributed by atoms with Crippen molar-refractivity contribution in [2.24, 2.45) is 11.7 Å². The Kier molecular flexibility index (Phi) is 4.33. The first-order valence-corrected chi connectivity index (χ1v) is 9.16. The fourth-order valence-corrected chi connectivity index (χ4v) is 4.61. The second-order valence-corrected chi connectivity index (χ2v) is 7.42. The van der Waals surface area contributed by atoms with Crippen molar-refractivity contribution in [3.8, 4) is 5.88 Å². The van der Waals surface area contributed by atoms with Gasteiger partial charge in [-0.1, -0.05) is 23.5 Å². The topological polar surface area (TPSA) is 96.8 Å². The van der Waals surface area contributed by atoms with Gasteiger partial charge in [0.05, 0.1) is 10.9 Å². The number of carbonyl (C=O) groups is 1. The average molecular weight is 375 g/mol. The summed E-state index contributed by atoms with van der Waals surface area (Å²) in [6.07, 6.45) is 2.66. The second-order valence-electron chi connectivity index (χ2n) is 6.41. The van der Waals surface area contributed by atoms with E-state index < -0.39 is 0 Å². The Bertz CT molecular complexity index is 948. The molecule has 1 amide bonds. The van der Waals surface area contributed by atoms with Crippen molar-refractivity contribution in [1.82, 2.24) is 19.5 Å². The van der Waals surface area contributed by atoms with Crippen LogP contribution in [0.4, 0.5) is 4.39 Å². The van der Waals surface area contributed by atoms with Gasteiger partial charge in [-0.3, -0.25) is 9.69 Å². The van der Waals surface area contributed by atoms with E-state index in [9.17, 15) is 14.3 Å². The summed E-state index contributed by atoms with van der Waals surface area (Å²) in [6.45, 7) is 1.25. The standard InChI is InChI=1S/C17H18FN5O2S/c18-12-3-1-2-11(8-12)13(22-6-4-10(5-7-22)15(19)24)14-16(25)23-17(26-14)20-9-21-23/h1-3,8-10,13,25H,4-7H2,(H2,19,24)/t13-/m0/s1. The number of thiazole rings is 1. The van der Waals surface area contributed by atoms with E-state index in [-0.39, 0.29) is 29.6 Å². The Morgan fingerprint density at radius 1 is 1.38 bits per heavy atom. The molecule has 1 fully saturated rings. The number of likely N-dealkylation sites (tertiary alicyclic amines) is 1. The predicted octanol–water partition coefficient (Wildman–Crippen LogP) is 1.92. The van der Waals surface area contributed by atoms with Crippen LogP contribution in [0.3, 0.4) is 0 Å². The van der Waals surface area contributed by atoms with Gasteiger partial charge in [-0.2, -0.15) is 9.61 Å². The van der Waals surface area contributed by atoms with E-state index in [1.165, 1.54) is 34.3 Å². The van der Waals surface area contributed by atoms with Crippen LogP contribution in [0.5, 0.6) is 5.88 Å². The normalized spacial score (nSPS) is 17.6. The number of aromatic hydroxyl groups is 1. The lowest BCUT2D eigenvalue weighted by atomic mass is 9.93. The molecule has 1 aliphatic rings. The Labute approximate surface area is 152 Å². The summed E-state index contributed by atoms with van der Waals surface area (Å²) < 4.78 is 15.2. The number of carbonyl (C=O) groups excluding carboxylic acids is 1. The third-order valence-electron chi connectivity index (χ3n) is 4.85. The van der Waals surface area contributed by atoms with Crippen molar-refractivity contribution in [3.63, 3.8) is 0 Å². The predicted molar refractivity (Wildman–Crippen MR) is 94.3 cm³/mol. The number of piperidine rings is 1. The number of fused-ring (bicyclic) bond motifs is 1. The first-order chi connectivity index (χ1) is 12.5. The van der Waals surface area contributed by atoms with Crippen LogP contribution >= 0.6 is 11.3 Å². The maximum absolute atomic E-state index is 13.9. The van der Waals surface area contributed by atoms with Gasteiger partial charge in [0, 0.05) is 5.92 Å². The van der Waals surface area contributed by atoms with E-state index in [4.69, 9.17) is 5.73 Å². The van der Waals surface area contributed by atoms with Crippen LogP contribution in [-0.4, -0.2) is 43.6 Å². The number of hydrogen-bond acceptors (Lipinski definition) is 6. The van der Waals surface area contributed by atoms with E-state index in [1.54, 1.807) is 6.07 Å². The molecule has 1 saturated heterocycles. The number of halogens is 1. The Balaban J connectivity index is 1.74. The molecule has 4 rings (SSSR count). The maximum Gasteiger partial charge on any atom is 0.230 e. The molecule has 1 aliphatic heterocycles. The zero-order valence-electron chi connectivity index (χ0n) is 13.9. The first-order valence-electron chi connectivity index (χ1n) is 8.35. The van der Waals surface area contributed by atoms with E-state index in [0.717, 1.165) is 5.56 Å². The number of amides is 1. The van der Waals surface area contributed by atoms with Gasteiger partial charge in [0.25, 0.3) is 0 Å². The summed E-state index contributed by atoms with van der Waals surface area (Å²) in [7, 11) is 0. The average Bonchev–Trinajstić information content (AvgIpc) is 3.20. The SMILES string of the molecule is NC(=O)C1CCN([C@@H](c2cccc(F)c2)c2sc3ncnn3c2O)CC1. The minimum absolute atomic E-state index is 0.00814. The van der Waals surface area contributed by atoms with Gasteiger partial charge in [0.1, 0.15) is 12.1 Å². The first kappa shape index (κ1) is 16.9. The number of hydrogen-bond donors (Lipinski definition) is 2. The van der Waals surface area contributed by atoms with Crippen molar-refractivity contribution in [3.05, 3.63) is 46.9 Å². The molecule has 2 aromatic heterocycles. The van der Waals surface area contributed by atoms with E-state index >= 15 is 0 Å². The summed E-state index contributed by atoms with van der Waals surface area (Å²) in [4.78, 5) is 18.9. The monoisotopic (exact) mass is 375 g/mol. The number of primary amides is 1. The molecule has 0 aliphatic carbocycles. The lowest BCUT2D eigenvalue weighted by Gasteiger charge is -2.36. The third-order valence-corrected chi connectivity index (χ3v) is 5.94. The van der Waals surface area contributed by atoms with Gasteiger partial charge in [0.15, 0.2) is 0 Å². The van der Waals surface area contributed by atoms with Crippen LogP contribution in [-0.2, 0) is 4.79 Å². The quantitative estimate of drug-likeness (QED) is 0.726. The smallest absolute Gasteiger partial charge is 0.230 e. The highest BCUT2D eigenvalue weighted by atomic mass is 32.1. The van der Waals surface area contributed by atoms with E-state index in [0.29, 0.717) is 35.8 Å². The lowest BCUT2D eigenvalue weighted by molar-refractivity contribution is -0.123. The zero-order chi connectivity index (χ0) is 18.3. The molecule has 9 heteroatoms. The highest BCUT2D eigenvalue weighted by molar-refractivity contribution is 7.17. The molecule has 7 nitrogen and oxygen atoms in total. The molecule has 3 aromatic rings. The number of nitrogens with zero attached hydrogens (tertiary/aromatic N) is 4. The molecule has 0 radical (unpaired) electrons. The summed E-state index contributed by atoms with van der Waals surface area (Å²) in [5.41, 5.74) is 6.17. The van der Waals surface area contributed by atoms with Crippen LogP contribution < -0.4 is 5.73 Å². The van der Waals surface area contributed by atoms with Crippen LogP contribution in [0, 0.1) is 11.7 Å². The molecule has 0 unspecified atom stereocenters. The highest BCUT2D eigenvalue weighted by Crippen LogP contribution is 2.41. The van der Waals surface area contributed by atoms with E-state index in [2.05, 4.69) is 15.0 Å². The number of rotatable bonds is 4. The zero-order valence-corrected chi connectivity index (χ0v) is 14.7. The van der Waals surface area contributed by atoms with E-state index in [1.807, 2.05) is 6.07 Å². The number of nitrogens with two attached hydrogens (primary N) is 1. The minimum Gasteiger partial charge on any atom is -0.492 e. The van der Waals surface area contributed by atoms with Gasteiger partial charge in [-0.25, -0.2) is 9.37 Å². The Morgan fingerprint density at radius 3 is 2.81 bits per heavy atom. The Hall–Kier alpha value is -2.52. The Morgan fingerprint density at radius 2 is 2.15 bits per heavy atom. The molecule has 0 saturated carbocycles. The van der Waals surface area contributed by atoms with Crippen LogP contribution in [0.25, 0.3) is 4.96 Å². The van der Waals surface area contributed by atoms with Crippen LogP contribution in [0.2, 0.25) is 0 Å². The molecule has 3 heterocycles. The summed E-state index contributed by atoms with van der Waals surface area (Å²) in [5, 5.41) is 14.7. The summed E-state index contributed by atoms with van der Waals surface area (Å²) in [6, 6.07) is 6.02. The van der Waals surface area contributed by atoms with Crippen molar-refractivity contribution in [2.45, 2.75) is 18.9 Å². The largest absolute Gasteiger partial charge is 0.492 e. The fourth-order valence-electron chi connectivity index (χ4n) is 3.52. The van der Waals surface area contributed by atoms with Crippen LogP contribution in [0.15, 0.2) is 30.6 Å². The van der Waals surface area contributed by atoms with Crippen molar-refractivity contribution in [1.29, 1.82) is 0 Å². The third kappa shape index (κ3) is 2.93. The molecule has 1 aromatic carbocycles. The molecule has 1 atom stereocenters. The highest BCUT2D eigenvalue weighted by Gasteiger charge is 2.33. The molecule has 26 heavy (non-hydrogen) atoms. The summed E-state index contributed by atoms with van der Waals surface area (Å²) >= 11 is 1.32. The van der Waals surface area contributed by atoms with Crippen LogP contribution in [0.1, 0.15) is 29.3 Å². The second kappa shape index (κ2) is 6.65. The molecule has 0 spiro atoms. The number of aromatic nitrogens is 3. The van der Waals surface area contributed by atoms with Crippen molar-refractivity contribution in [2.75, 3.05) is 13.1 Å². The molecule has 136 valence electrons. The molecular formula is C17H18FN5O2S.